The summed E-state index contributed by atoms with van der Waals surface area (Å²) in [5.41, 5.74) is 3.70. The summed E-state index contributed by atoms with van der Waals surface area (Å²) in [5.74, 6) is 0.684. The number of rotatable bonds is 1. The molecule has 0 saturated carbocycles. The van der Waals surface area contributed by atoms with Gasteiger partial charge in [-0.1, -0.05) is 0 Å². The highest BCUT2D eigenvalue weighted by Crippen LogP contribution is 2.27. The number of aromatic nitrogens is 1. The minimum Gasteiger partial charge on any atom is -0.381 e. The summed E-state index contributed by atoms with van der Waals surface area (Å²) in [6.45, 7) is 5.95. The molecule has 2 heterocycles. The number of hydrogen-bond acceptors (Lipinski definition) is 2. The lowest BCUT2D eigenvalue weighted by Gasteiger charge is -2.22. The van der Waals surface area contributed by atoms with E-state index in [0.717, 1.165) is 37.4 Å². The molecule has 2 rings (SSSR count). The number of aryl methyl sites for hydroxylation is 2. The Bertz CT molecular complexity index is 296. The van der Waals surface area contributed by atoms with Crippen LogP contribution in [0.3, 0.4) is 0 Å². The van der Waals surface area contributed by atoms with E-state index >= 15 is 0 Å². The van der Waals surface area contributed by atoms with Crippen molar-refractivity contribution in [2.45, 2.75) is 32.6 Å². The standard InChI is InChI=1S/C12H17NO/c1-9-7-12(8-10(2)13-9)11-3-5-14-6-4-11/h7-8,11H,3-6H2,1-2H3. The highest BCUT2D eigenvalue weighted by atomic mass is 16.5. The van der Waals surface area contributed by atoms with E-state index in [2.05, 4.69) is 31.0 Å². The molecule has 0 radical (unpaired) electrons. The average molecular weight is 191 g/mol. The topological polar surface area (TPSA) is 22.1 Å². The van der Waals surface area contributed by atoms with Crippen molar-refractivity contribution in [1.29, 1.82) is 0 Å². The molecule has 0 bridgehead atoms. The normalized spacial score (nSPS) is 18.4. The van der Waals surface area contributed by atoms with Crippen molar-refractivity contribution in [2.24, 2.45) is 0 Å². The number of ether oxygens (including phenoxy) is 1. The van der Waals surface area contributed by atoms with Gasteiger partial charge in [-0.2, -0.15) is 0 Å². The van der Waals surface area contributed by atoms with Gasteiger partial charge in [0.1, 0.15) is 0 Å². The molecule has 2 heteroatoms. The van der Waals surface area contributed by atoms with Crippen LogP contribution in [0.15, 0.2) is 12.1 Å². The quantitative estimate of drug-likeness (QED) is 0.680. The molecule has 1 fully saturated rings. The minimum absolute atomic E-state index is 0.684. The van der Waals surface area contributed by atoms with Gasteiger partial charge in [-0.15, -0.1) is 0 Å². The third-order valence-corrected chi connectivity index (χ3v) is 2.80. The third kappa shape index (κ3) is 2.13. The Morgan fingerprint density at radius 2 is 1.71 bits per heavy atom. The molecule has 0 aromatic carbocycles. The van der Waals surface area contributed by atoms with Gasteiger partial charge < -0.3 is 4.74 Å². The Morgan fingerprint density at radius 3 is 2.29 bits per heavy atom. The lowest BCUT2D eigenvalue weighted by Crippen LogP contribution is -2.14. The van der Waals surface area contributed by atoms with E-state index in [1.54, 1.807) is 0 Å². The number of pyridine rings is 1. The van der Waals surface area contributed by atoms with E-state index in [9.17, 15) is 0 Å². The van der Waals surface area contributed by atoms with Crippen molar-refractivity contribution in [2.75, 3.05) is 13.2 Å². The fourth-order valence-corrected chi connectivity index (χ4v) is 2.13. The van der Waals surface area contributed by atoms with Crippen molar-refractivity contribution >= 4 is 0 Å². The van der Waals surface area contributed by atoms with Crippen molar-refractivity contribution in [1.82, 2.24) is 4.98 Å². The summed E-state index contributed by atoms with van der Waals surface area (Å²) in [5, 5.41) is 0. The molecule has 0 atom stereocenters. The van der Waals surface area contributed by atoms with Crippen LogP contribution in [-0.4, -0.2) is 18.2 Å². The molecule has 76 valence electrons. The SMILES string of the molecule is Cc1cc(C2CCOCC2)cc(C)n1. The molecule has 0 N–H and O–H groups in total. The van der Waals surface area contributed by atoms with Gasteiger partial charge in [0.25, 0.3) is 0 Å². The Balaban J connectivity index is 2.21. The Kier molecular flexibility index (Phi) is 2.82. The predicted molar refractivity (Wildman–Crippen MR) is 56.5 cm³/mol. The molecular formula is C12H17NO. The molecule has 0 amide bonds. The van der Waals surface area contributed by atoms with Gasteiger partial charge >= 0.3 is 0 Å². The van der Waals surface area contributed by atoms with Crippen molar-refractivity contribution in [3.05, 3.63) is 29.1 Å². The van der Waals surface area contributed by atoms with Gasteiger partial charge in [0.15, 0.2) is 0 Å². The van der Waals surface area contributed by atoms with E-state index in [4.69, 9.17) is 4.74 Å². The fourth-order valence-electron chi connectivity index (χ4n) is 2.13. The van der Waals surface area contributed by atoms with Crippen LogP contribution < -0.4 is 0 Å². The number of nitrogens with zero attached hydrogens (tertiary/aromatic N) is 1. The summed E-state index contributed by atoms with van der Waals surface area (Å²) in [6.07, 6.45) is 2.31. The Hall–Kier alpha value is -0.890. The van der Waals surface area contributed by atoms with Crippen LogP contribution in [0.2, 0.25) is 0 Å². The van der Waals surface area contributed by atoms with Gasteiger partial charge in [-0.3, -0.25) is 4.98 Å². The van der Waals surface area contributed by atoms with Gasteiger partial charge in [-0.05, 0) is 50.3 Å². The van der Waals surface area contributed by atoms with E-state index < -0.39 is 0 Å². The summed E-state index contributed by atoms with van der Waals surface area (Å²) >= 11 is 0. The van der Waals surface area contributed by atoms with Crippen molar-refractivity contribution < 1.29 is 4.74 Å². The zero-order valence-electron chi connectivity index (χ0n) is 8.92. The van der Waals surface area contributed by atoms with E-state index in [0.29, 0.717) is 5.92 Å². The molecule has 1 aromatic rings. The molecule has 0 unspecified atom stereocenters. The highest BCUT2D eigenvalue weighted by Gasteiger charge is 2.16. The van der Waals surface area contributed by atoms with Crippen molar-refractivity contribution in [3.8, 4) is 0 Å². The molecule has 0 spiro atoms. The first-order valence-electron chi connectivity index (χ1n) is 5.28. The minimum atomic E-state index is 0.684. The zero-order chi connectivity index (χ0) is 9.97. The second-order valence-electron chi connectivity index (χ2n) is 4.07. The average Bonchev–Trinajstić information content (AvgIpc) is 2.18. The summed E-state index contributed by atoms with van der Waals surface area (Å²) < 4.78 is 5.37. The molecule has 1 aliphatic rings. The second-order valence-corrected chi connectivity index (χ2v) is 4.07. The lowest BCUT2D eigenvalue weighted by atomic mass is 9.91. The van der Waals surface area contributed by atoms with Crippen LogP contribution in [0.1, 0.15) is 35.7 Å². The van der Waals surface area contributed by atoms with Crippen LogP contribution >= 0.6 is 0 Å². The first-order valence-corrected chi connectivity index (χ1v) is 5.28. The maximum absolute atomic E-state index is 5.37. The molecule has 2 nitrogen and oxygen atoms in total. The smallest absolute Gasteiger partial charge is 0.0471 e. The van der Waals surface area contributed by atoms with Gasteiger partial charge in [-0.25, -0.2) is 0 Å². The monoisotopic (exact) mass is 191 g/mol. The number of hydrogen-bond donors (Lipinski definition) is 0. The van der Waals surface area contributed by atoms with Crippen LogP contribution in [0.5, 0.6) is 0 Å². The van der Waals surface area contributed by atoms with Gasteiger partial charge in [0, 0.05) is 24.6 Å². The van der Waals surface area contributed by atoms with Gasteiger partial charge in [0.05, 0.1) is 0 Å². The van der Waals surface area contributed by atoms with E-state index in [-0.39, 0.29) is 0 Å². The summed E-state index contributed by atoms with van der Waals surface area (Å²) in [6, 6.07) is 4.42. The highest BCUT2D eigenvalue weighted by molar-refractivity contribution is 5.24. The zero-order valence-corrected chi connectivity index (χ0v) is 8.92. The largest absolute Gasteiger partial charge is 0.381 e. The molecule has 14 heavy (non-hydrogen) atoms. The second kappa shape index (κ2) is 4.09. The molecule has 1 saturated heterocycles. The first-order chi connectivity index (χ1) is 6.75. The molecule has 0 aliphatic carbocycles. The molecule has 1 aliphatic heterocycles. The maximum atomic E-state index is 5.37. The predicted octanol–water partition coefficient (Wildman–Crippen LogP) is 2.59. The lowest BCUT2D eigenvalue weighted by molar-refractivity contribution is 0.0853. The van der Waals surface area contributed by atoms with Crippen LogP contribution in [0.4, 0.5) is 0 Å². The Labute approximate surface area is 85.3 Å². The first kappa shape index (κ1) is 9.66. The summed E-state index contributed by atoms with van der Waals surface area (Å²) in [4.78, 5) is 4.40. The van der Waals surface area contributed by atoms with Crippen molar-refractivity contribution in [3.63, 3.8) is 0 Å². The van der Waals surface area contributed by atoms with Crippen LogP contribution in [-0.2, 0) is 4.74 Å². The molecular weight excluding hydrogens is 174 g/mol. The third-order valence-electron chi connectivity index (χ3n) is 2.80. The Morgan fingerprint density at radius 1 is 1.14 bits per heavy atom. The van der Waals surface area contributed by atoms with E-state index in [1.807, 2.05) is 0 Å². The molecule has 1 aromatic heterocycles. The van der Waals surface area contributed by atoms with E-state index in [1.165, 1.54) is 5.56 Å². The summed E-state index contributed by atoms with van der Waals surface area (Å²) in [7, 11) is 0. The maximum Gasteiger partial charge on any atom is 0.0471 e. The van der Waals surface area contributed by atoms with Gasteiger partial charge in [0.2, 0.25) is 0 Å². The van der Waals surface area contributed by atoms with Crippen LogP contribution in [0.25, 0.3) is 0 Å². The van der Waals surface area contributed by atoms with Crippen LogP contribution in [0, 0.1) is 13.8 Å². The fraction of sp³-hybridized carbons (Fsp3) is 0.583.